The van der Waals surface area contributed by atoms with Gasteiger partial charge < -0.3 is 10.2 Å². The van der Waals surface area contributed by atoms with Crippen molar-refractivity contribution in [3.8, 4) is 0 Å². The average Bonchev–Trinajstić information content (AvgIpc) is 2.91. The molecule has 0 saturated carbocycles. The Morgan fingerprint density at radius 1 is 1.00 bits per heavy atom. The maximum Gasteiger partial charge on any atom is 0.317 e. The Hall–Kier alpha value is -0.650. The highest BCUT2D eigenvalue weighted by molar-refractivity contribution is 5.69. The highest BCUT2D eigenvalue weighted by atomic mass is 16.4. The van der Waals surface area contributed by atoms with Crippen LogP contribution in [0.1, 0.15) is 84.5 Å². The van der Waals surface area contributed by atoms with Gasteiger partial charge in [-0.3, -0.25) is 14.6 Å². The lowest BCUT2D eigenvalue weighted by molar-refractivity contribution is -0.139. The SMILES string of the molecule is CCCCCCCCCCCCC1N(CC(=O)O)CCN1C(C)O. The number of carbonyl (C=O) groups is 1. The molecule has 2 N–H and O–H groups in total. The van der Waals surface area contributed by atoms with E-state index < -0.39 is 12.2 Å². The van der Waals surface area contributed by atoms with Gasteiger partial charge in [-0.1, -0.05) is 71.1 Å². The zero-order valence-corrected chi connectivity index (χ0v) is 15.8. The van der Waals surface area contributed by atoms with Crippen LogP contribution in [0, 0.1) is 0 Å². The van der Waals surface area contributed by atoms with E-state index in [2.05, 4.69) is 6.92 Å². The van der Waals surface area contributed by atoms with Gasteiger partial charge >= 0.3 is 5.97 Å². The molecule has 1 aliphatic rings. The summed E-state index contributed by atoms with van der Waals surface area (Å²) in [5.74, 6) is -0.782. The minimum atomic E-state index is -0.782. The number of hydrogen-bond donors (Lipinski definition) is 2. The Morgan fingerprint density at radius 2 is 1.54 bits per heavy atom. The zero-order chi connectivity index (χ0) is 17.8. The molecular weight excluding hydrogens is 304 g/mol. The molecule has 5 heteroatoms. The Bertz CT molecular complexity index is 337. The van der Waals surface area contributed by atoms with Gasteiger partial charge in [0.1, 0.15) is 6.23 Å². The second kappa shape index (κ2) is 12.7. The molecule has 0 radical (unpaired) electrons. The van der Waals surface area contributed by atoms with Gasteiger partial charge in [0, 0.05) is 13.1 Å². The number of nitrogens with zero attached hydrogens (tertiary/aromatic N) is 2. The van der Waals surface area contributed by atoms with Crippen molar-refractivity contribution in [3.05, 3.63) is 0 Å². The molecule has 0 aromatic rings. The van der Waals surface area contributed by atoms with Crippen LogP contribution in [0.4, 0.5) is 0 Å². The lowest BCUT2D eigenvalue weighted by Gasteiger charge is -2.31. The quantitative estimate of drug-likeness (QED) is 0.472. The minimum Gasteiger partial charge on any atom is -0.480 e. The van der Waals surface area contributed by atoms with Crippen LogP contribution < -0.4 is 0 Å². The van der Waals surface area contributed by atoms with E-state index in [1.165, 1.54) is 57.8 Å². The maximum absolute atomic E-state index is 11.0. The van der Waals surface area contributed by atoms with Gasteiger partial charge in [0.15, 0.2) is 0 Å². The number of hydrogen-bond acceptors (Lipinski definition) is 4. The highest BCUT2D eigenvalue weighted by Gasteiger charge is 2.34. The number of carboxylic acid groups (broad SMARTS) is 1. The molecule has 1 saturated heterocycles. The Morgan fingerprint density at radius 3 is 2.04 bits per heavy atom. The summed E-state index contributed by atoms with van der Waals surface area (Å²) in [5.41, 5.74) is 0. The van der Waals surface area contributed by atoms with Crippen LogP contribution in [0.25, 0.3) is 0 Å². The zero-order valence-electron chi connectivity index (χ0n) is 15.8. The van der Waals surface area contributed by atoms with Gasteiger partial charge in [0.05, 0.1) is 12.7 Å². The van der Waals surface area contributed by atoms with E-state index in [4.69, 9.17) is 5.11 Å². The molecule has 2 unspecified atom stereocenters. The van der Waals surface area contributed by atoms with Crippen LogP contribution in [-0.2, 0) is 4.79 Å². The van der Waals surface area contributed by atoms with Crippen molar-refractivity contribution >= 4 is 5.97 Å². The van der Waals surface area contributed by atoms with Gasteiger partial charge in [-0.2, -0.15) is 0 Å². The molecule has 2 atom stereocenters. The number of carboxylic acids is 1. The van der Waals surface area contributed by atoms with E-state index in [1.54, 1.807) is 6.92 Å². The molecular formula is C19H38N2O3. The summed E-state index contributed by atoms with van der Waals surface area (Å²) in [6, 6.07) is 0. The van der Waals surface area contributed by atoms with Crippen molar-refractivity contribution in [2.24, 2.45) is 0 Å². The van der Waals surface area contributed by atoms with Crippen molar-refractivity contribution in [3.63, 3.8) is 0 Å². The van der Waals surface area contributed by atoms with Crippen molar-refractivity contribution in [2.75, 3.05) is 19.6 Å². The standard InChI is InChI=1S/C19H38N2O3/c1-3-4-5-6-7-8-9-10-11-12-13-18-20(16-19(23)24)14-15-21(18)17(2)22/h17-18,22H,3-16H2,1-2H3,(H,23,24). The fourth-order valence-corrected chi connectivity index (χ4v) is 3.71. The molecule has 142 valence electrons. The van der Waals surface area contributed by atoms with Gasteiger partial charge in [0.2, 0.25) is 0 Å². The maximum atomic E-state index is 11.0. The summed E-state index contributed by atoms with van der Waals surface area (Å²) in [6.45, 7) is 5.59. The molecule has 5 nitrogen and oxygen atoms in total. The minimum absolute atomic E-state index is 0.0750. The van der Waals surface area contributed by atoms with E-state index in [0.717, 1.165) is 25.9 Å². The average molecular weight is 343 g/mol. The van der Waals surface area contributed by atoms with Gasteiger partial charge in [-0.25, -0.2) is 0 Å². The number of unbranched alkanes of at least 4 members (excludes halogenated alkanes) is 9. The third kappa shape index (κ3) is 8.45. The molecule has 0 amide bonds. The summed E-state index contributed by atoms with van der Waals surface area (Å²) in [4.78, 5) is 15.0. The molecule has 0 aromatic heterocycles. The second-order valence-electron chi connectivity index (χ2n) is 7.19. The van der Waals surface area contributed by atoms with Gasteiger partial charge in [-0.05, 0) is 13.3 Å². The van der Waals surface area contributed by atoms with E-state index in [9.17, 15) is 9.90 Å². The number of aliphatic carboxylic acids is 1. The van der Waals surface area contributed by atoms with Crippen molar-refractivity contribution in [1.29, 1.82) is 0 Å². The smallest absolute Gasteiger partial charge is 0.317 e. The lowest BCUT2D eigenvalue weighted by atomic mass is 10.1. The van der Waals surface area contributed by atoms with Gasteiger partial charge in [0.25, 0.3) is 0 Å². The van der Waals surface area contributed by atoms with Crippen LogP contribution in [0.2, 0.25) is 0 Å². The van der Waals surface area contributed by atoms with Crippen LogP contribution in [0.15, 0.2) is 0 Å². The fourth-order valence-electron chi connectivity index (χ4n) is 3.71. The van der Waals surface area contributed by atoms with E-state index in [-0.39, 0.29) is 12.7 Å². The third-order valence-corrected chi connectivity index (χ3v) is 5.08. The predicted molar refractivity (Wildman–Crippen MR) is 97.8 cm³/mol. The van der Waals surface area contributed by atoms with Crippen LogP contribution in [0.5, 0.6) is 0 Å². The number of rotatable bonds is 14. The molecule has 0 bridgehead atoms. The Labute approximate surface area is 148 Å². The molecule has 1 heterocycles. The van der Waals surface area contributed by atoms with Crippen molar-refractivity contribution < 1.29 is 15.0 Å². The summed E-state index contributed by atoms with van der Waals surface area (Å²) in [5, 5.41) is 18.9. The Kier molecular flexibility index (Phi) is 11.3. The van der Waals surface area contributed by atoms with Crippen molar-refractivity contribution in [1.82, 2.24) is 9.80 Å². The summed E-state index contributed by atoms with van der Waals surface area (Å²) < 4.78 is 0. The predicted octanol–water partition coefficient (Wildman–Crippen LogP) is 3.66. The monoisotopic (exact) mass is 342 g/mol. The van der Waals surface area contributed by atoms with Crippen LogP contribution >= 0.6 is 0 Å². The second-order valence-corrected chi connectivity index (χ2v) is 7.19. The molecule has 0 aromatic carbocycles. The first kappa shape index (κ1) is 21.4. The first-order chi connectivity index (χ1) is 11.6. The lowest BCUT2D eigenvalue weighted by Crippen LogP contribution is -2.44. The molecule has 24 heavy (non-hydrogen) atoms. The highest BCUT2D eigenvalue weighted by Crippen LogP contribution is 2.22. The molecule has 1 fully saturated rings. The normalized spacial score (nSPS) is 20.5. The third-order valence-electron chi connectivity index (χ3n) is 5.08. The number of aliphatic hydroxyl groups excluding tert-OH is 1. The Balaban J connectivity index is 2.15. The van der Waals surface area contributed by atoms with Crippen LogP contribution in [0.3, 0.4) is 0 Å². The first-order valence-corrected chi connectivity index (χ1v) is 9.96. The first-order valence-electron chi connectivity index (χ1n) is 9.96. The van der Waals surface area contributed by atoms with Crippen molar-refractivity contribution in [2.45, 2.75) is 96.9 Å². The van der Waals surface area contributed by atoms with E-state index >= 15 is 0 Å². The van der Waals surface area contributed by atoms with Crippen LogP contribution in [-0.4, -0.2) is 58.0 Å². The topological polar surface area (TPSA) is 64.0 Å². The van der Waals surface area contributed by atoms with Gasteiger partial charge in [-0.15, -0.1) is 0 Å². The molecule has 0 spiro atoms. The summed E-state index contributed by atoms with van der Waals surface area (Å²) >= 11 is 0. The number of aliphatic hydroxyl groups is 1. The molecule has 1 rings (SSSR count). The molecule has 1 aliphatic heterocycles. The van der Waals surface area contributed by atoms with E-state index in [1.807, 2.05) is 9.80 Å². The molecule has 0 aliphatic carbocycles. The fraction of sp³-hybridized carbons (Fsp3) is 0.947. The van der Waals surface area contributed by atoms with E-state index in [0.29, 0.717) is 0 Å². The summed E-state index contributed by atoms with van der Waals surface area (Å²) in [7, 11) is 0. The largest absolute Gasteiger partial charge is 0.480 e. The summed E-state index contributed by atoms with van der Waals surface area (Å²) in [6.07, 6.45) is 13.6.